The van der Waals surface area contributed by atoms with E-state index in [9.17, 15) is 9.59 Å². The lowest BCUT2D eigenvalue weighted by Gasteiger charge is -2.06. The van der Waals surface area contributed by atoms with E-state index in [1.807, 2.05) is 0 Å². The van der Waals surface area contributed by atoms with E-state index in [0.29, 0.717) is 23.3 Å². The van der Waals surface area contributed by atoms with Crippen LogP contribution in [0.1, 0.15) is 20.9 Å². The number of hydrogen-bond donors (Lipinski definition) is 3. The van der Waals surface area contributed by atoms with Gasteiger partial charge < -0.3 is 20.0 Å². The Bertz CT molecular complexity index is 855. The van der Waals surface area contributed by atoms with Crippen molar-refractivity contribution in [3.8, 4) is 0 Å². The van der Waals surface area contributed by atoms with Crippen LogP contribution in [0.3, 0.4) is 0 Å². The van der Waals surface area contributed by atoms with Crippen LogP contribution in [0.5, 0.6) is 0 Å². The number of H-pyrrole nitrogens is 1. The molecule has 3 N–H and O–H groups in total. The molecule has 3 rings (SSSR count). The average molecular weight is 377 g/mol. The summed E-state index contributed by atoms with van der Waals surface area (Å²) >= 11 is 3.13. The first-order valence-corrected chi connectivity index (χ1v) is 7.67. The Morgan fingerprint density at radius 1 is 1.13 bits per heavy atom. The number of fused-ring (bicyclic) bond motifs is 1. The minimum absolute atomic E-state index is 0.212. The molecule has 2 amide bonds. The highest BCUT2D eigenvalue weighted by atomic mass is 79.9. The van der Waals surface area contributed by atoms with Gasteiger partial charge in [0.1, 0.15) is 0 Å². The van der Waals surface area contributed by atoms with Crippen LogP contribution in [0, 0.1) is 0 Å². The van der Waals surface area contributed by atoms with E-state index in [-0.39, 0.29) is 17.6 Å². The lowest BCUT2D eigenvalue weighted by molar-refractivity contribution is 0.0910. The summed E-state index contributed by atoms with van der Waals surface area (Å²) in [4.78, 5) is 30.8. The van der Waals surface area contributed by atoms with Crippen LogP contribution >= 0.6 is 15.9 Å². The Hall–Kier alpha value is -2.61. The van der Waals surface area contributed by atoms with Gasteiger partial charge in [-0.3, -0.25) is 9.59 Å². The number of hydrogen-bond acceptors (Lipinski definition) is 4. The SMILES string of the molecule is O=C(NCCNC(=O)c1ccc(Br)o1)c1ccc2nc[nH]c2c1. The number of carbonyl (C=O) groups is 2. The second-order valence-corrected chi connectivity index (χ2v) is 5.53. The van der Waals surface area contributed by atoms with E-state index in [1.165, 1.54) is 0 Å². The number of benzene rings is 1. The van der Waals surface area contributed by atoms with E-state index in [0.717, 1.165) is 11.0 Å². The van der Waals surface area contributed by atoms with Crippen molar-refractivity contribution in [2.24, 2.45) is 0 Å². The summed E-state index contributed by atoms with van der Waals surface area (Å²) in [7, 11) is 0. The molecule has 0 fully saturated rings. The van der Waals surface area contributed by atoms with Gasteiger partial charge in [-0.25, -0.2) is 4.98 Å². The standard InChI is InChI=1S/C15H13BrN4O3/c16-13-4-3-12(23-13)15(22)18-6-5-17-14(21)9-1-2-10-11(7-9)20-8-19-10/h1-4,7-8H,5-6H2,(H,17,21)(H,18,22)(H,19,20). The minimum atomic E-state index is -0.330. The number of nitrogens with one attached hydrogen (secondary N) is 3. The van der Waals surface area contributed by atoms with Gasteiger partial charge in [0.15, 0.2) is 10.4 Å². The number of rotatable bonds is 5. The fraction of sp³-hybridized carbons (Fsp3) is 0.133. The molecule has 2 aromatic heterocycles. The van der Waals surface area contributed by atoms with Crippen LogP contribution in [-0.4, -0.2) is 34.9 Å². The molecule has 0 saturated carbocycles. The fourth-order valence-electron chi connectivity index (χ4n) is 2.05. The summed E-state index contributed by atoms with van der Waals surface area (Å²) in [5.74, 6) is -0.326. The molecule has 0 aliphatic heterocycles. The molecular weight excluding hydrogens is 364 g/mol. The smallest absolute Gasteiger partial charge is 0.287 e. The topological polar surface area (TPSA) is 100 Å². The van der Waals surface area contributed by atoms with Crippen molar-refractivity contribution in [3.63, 3.8) is 0 Å². The van der Waals surface area contributed by atoms with E-state index in [4.69, 9.17) is 4.42 Å². The molecule has 0 radical (unpaired) electrons. The summed E-state index contributed by atoms with van der Waals surface area (Å²) in [5, 5.41) is 5.40. The Kier molecular flexibility index (Phi) is 4.42. The number of halogens is 1. The molecule has 23 heavy (non-hydrogen) atoms. The molecule has 1 aromatic carbocycles. The second-order valence-electron chi connectivity index (χ2n) is 4.75. The zero-order valence-corrected chi connectivity index (χ0v) is 13.5. The molecule has 3 aromatic rings. The zero-order chi connectivity index (χ0) is 16.2. The van der Waals surface area contributed by atoms with E-state index < -0.39 is 0 Å². The van der Waals surface area contributed by atoms with Crippen molar-refractivity contribution in [3.05, 3.63) is 52.7 Å². The van der Waals surface area contributed by atoms with E-state index in [2.05, 4.69) is 36.5 Å². The maximum atomic E-state index is 12.0. The van der Waals surface area contributed by atoms with Crippen LogP contribution in [0.25, 0.3) is 11.0 Å². The largest absolute Gasteiger partial charge is 0.444 e. The van der Waals surface area contributed by atoms with Gasteiger partial charge in [-0.15, -0.1) is 0 Å². The van der Waals surface area contributed by atoms with Crippen molar-refractivity contribution in [2.75, 3.05) is 13.1 Å². The summed E-state index contributed by atoms with van der Waals surface area (Å²) in [6.07, 6.45) is 1.58. The highest BCUT2D eigenvalue weighted by molar-refractivity contribution is 9.10. The fourth-order valence-corrected chi connectivity index (χ4v) is 2.36. The number of nitrogens with zero attached hydrogens (tertiary/aromatic N) is 1. The lowest BCUT2D eigenvalue weighted by atomic mass is 10.2. The summed E-state index contributed by atoms with van der Waals surface area (Å²) in [6.45, 7) is 0.614. The first-order valence-electron chi connectivity index (χ1n) is 6.88. The normalized spacial score (nSPS) is 10.7. The monoisotopic (exact) mass is 376 g/mol. The van der Waals surface area contributed by atoms with Gasteiger partial charge in [0, 0.05) is 18.7 Å². The molecule has 0 unspecified atom stereocenters. The van der Waals surface area contributed by atoms with Crippen molar-refractivity contribution < 1.29 is 14.0 Å². The summed E-state index contributed by atoms with van der Waals surface area (Å²) in [5.41, 5.74) is 2.14. The highest BCUT2D eigenvalue weighted by Crippen LogP contribution is 2.13. The van der Waals surface area contributed by atoms with Crippen LogP contribution in [0.15, 0.2) is 45.7 Å². The molecule has 118 valence electrons. The van der Waals surface area contributed by atoms with Gasteiger partial charge >= 0.3 is 0 Å². The predicted octanol–water partition coefficient (Wildman–Crippen LogP) is 2.08. The maximum Gasteiger partial charge on any atom is 0.287 e. The van der Waals surface area contributed by atoms with Gasteiger partial charge in [0.25, 0.3) is 11.8 Å². The summed E-state index contributed by atoms with van der Waals surface area (Å²) in [6, 6.07) is 8.42. The van der Waals surface area contributed by atoms with Crippen LogP contribution in [0.4, 0.5) is 0 Å². The number of imidazole rings is 1. The third-order valence-electron chi connectivity index (χ3n) is 3.18. The van der Waals surface area contributed by atoms with E-state index >= 15 is 0 Å². The van der Waals surface area contributed by atoms with Crippen molar-refractivity contribution >= 4 is 38.8 Å². The van der Waals surface area contributed by atoms with Crippen molar-refractivity contribution in [1.29, 1.82) is 0 Å². The molecular formula is C15H13BrN4O3. The van der Waals surface area contributed by atoms with Crippen molar-refractivity contribution in [1.82, 2.24) is 20.6 Å². The van der Waals surface area contributed by atoms with E-state index in [1.54, 1.807) is 36.7 Å². The first-order chi connectivity index (χ1) is 11.1. The second kappa shape index (κ2) is 6.66. The maximum absolute atomic E-state index is 12.0. The summed E-state index contributed by atoms with van der Waals surface area (Å²) < 4.78 is 5.62. The van der Waals surface area contributed by atoms with Crippen LogP contribution in [0.2, 0.25) is 0 Å². The predicted molar refractivity (Wildman–Crippen MR) is 87.2 cm³/mol. The Morgan fingerprint density at radius 3 is 2.65 bits per heavy atom. The molecule has 2 heterocycles. The molecule has 0 aliphatic rings. The Balaban J connectivity index is 1.48. The van der Waals surface area contributed by atoms with Gasteiger partial charge in [-0.1, -0.05) is 0 Å². The molecule has 0 aliphatic carbocycles. The molecule has 8 heteroatoms. The van der Waals surface area contributed by atoms with Crippen molar-refractivity contribution in [2.45, 2.75) is 0 Å². The minimum Gasteiger partial charge on any atom is -0.444 e. The average Bonchev–Trinajstić information content (AvgIpc) is 3.18. The molecule has 0 saturated heterocycles. The van der Waals surface area contributed by atoms with Gasteiger partial charge in [-0.05, 0) is 46.3 Å². The van der Waals surface area contributed by atoms with Crippen LogP contribution in [-0.2, 0) is 0 Å². The van der Waals surface area contributed by atoms with Gasteiger partial charge in [0.05, 0.1) is 17.4 Å². The molecule has 0 atom stereocenters. The molecule has 7 nitrogen and oxygen atoms in total. The quantitative estimate of drug-likeness (QED) is 0.593. The lowest BCUT2D eigenvalue weighted by Crippen LogP contribution is -2.34. The number of carbonyl (C=O) groups excluding carboxylic acids is 2. The first kappa shape index (κ1) is 15.3. The van der Waals surface area contributed by atoms with Crippen LogP contribution < -0.4 is 10.6 Å². The third-order valence-corrected chi connectivity index (χ3v) is 3.60. The highest BCUT2D eigenvalue weighted by Gasteiger charge is 2.10. The number of aromatic amines is 1. The molecule has 0 spiro atoms. The third kappa shape index (κ3) is 3.59. The number of aromatic nitrogens is 2. The van der Waals surface area contributed by atoms with Gasteiger partial charge in [-0.2, -0.15) is 0 Å². The molecule has 0 bridgehead atoms. The number of amides is 2. The Morgan fingerprint density at radius 2 is 1.91 bits per heavy atom. The zero-order valence-electron chi connectivity index (χ0n) is 11.9. The number of furan rings is 1. The Labute approximate surface area is 139 Å². The van der Waals surface area contributed by atoms with Gasteiger partial charge in [0.2, 0.25) is 0 Å².